The van der Waals surface area contributed by atoms with Gasteiger partial charge in [-0.25, -0.2) is 4.79 Å². The molecular weight excluding hydrogens is 402 g/mol. The van der Waals surface area contributed by atoms with Crippen molar-refractivity contribution in [2.75, 3.05) is 19.6 Å². The van der Waals surface area contributed by atoms with Crippen LogP contribution in [0.4, 0.5) is 4.79 Å². The van der Waals surface area contributed by atoms with Gasteiger partial charge in [0.05, 0.1) is 16.8 Å². The molecule has 0 bridgehead atoms. The second-order valence-corrected chi connectivity index (χ2v) is 9.92. The number of hydrogen-bond acceptors (Lipinski definition) is 4. The maximum Gasteiger partial charge on any atom is 0.317 e. The van der Waals surface area contributed by atoms with Crippen LogP contribution in [-0.2, 0) is 18.4 Å². The molecule has 2 amide bonds. The summed E-state index contributed by atoms with van der Waals surface area (Å²) in [6.07, 6.45) is 4.49. The molecule has 1 unspecified atom stereocenters. The Kier molecular flexibility index (Phi) is 4.97. The highest BCUT2D eigenvalue weighted by molar-refractivity contribution is 5.83. The number of pyridine rings is 1. The first kappa shape index (κ1) is 20.9. The van der Waals surface area contributed by atoms with Gasteiger partial charge in [-0.05, 0) is 63.4 Å². The maximum atomic E-state index is 12.3. The van der Waals surface area contributed by atoms with E-state index in [0.717, 1.165) is 60.2 Å². The fourth-order valence-corrected chi connectivity index (χ4v) is 5.26. The van der Waals surface area contributed by atoms with Crippen molar-refractivity contribution in [3.8, 4) is 11.3 Å². The summed E-state index contributed by atoms with van der Waals surface area (Å²) < 4.78 is 2.12. The van der Waals surface area contributed by atoms with E-state index in [2.05, 4.69) is 33.2 Å². The van der Waals surface area contributed by atoms with E-state index in [9.17, 15) is 9.90 Å². The van der Waals surface area contributed by atoms with Gasteiger partial charge in [-0.1, -0.05) is 6.07 Å². The van der Waals surface area contributed by atoms with Gasteiger partial charge in [0.15, 0.2) is 0 Å². The topological polar surface area (TPSA) is 83.3 Å². The summed E-state index contributed by atoms with van der Waals surface area (Å²) in [5.41, 5.74) is 4.43. The van der Waals surface area contributed by atoms with E-state index in [1.54, 1.807) is 0 Å². The summed E-state index contributed by atoms with van der Waals surface area (Å²) in [4.78, 5) is 18.9. The summed E-state index contributed by atoms with van der Waals surface area (Å²) in [6.45, 7) is 8.67. The second kappa shape index (κ2) is 7.59. The van der Waals surface area contributed by atoms with Crippen molar-refractivity contribution in [2.24, 2.45) is 0 Å². The number of hydrogen-bond donors (Lipinski definition) is 2. The number of carbonyl (C=O) groups is 1. The minimum atomic E-state index is -0.749. The number of aromatic nitrogens is 3. The van der Waals surface area contributed by atoms with E-state index in [-0.39, 0.29) is 11.4 Å². The maximum absolute atomic E-state index is 12.3. The predicted octanol–water partition coefficient (Wildman–Crippen LogP) is 3.49. The average Bonchev–Trinajstić information content (AvgIpc) is 3.43. The van der Waals surface area contributed by atoms with E-state index < -0.39 is 5.60 Å². The summed E-state index contributed by atoms with van der Waals surface area (Å²) in [6, 6.07) is 10.5. The van der Waals surface area contributed by atoms with Crippen LogP contribution in [0.1, 0.15) is 44.9 Å². The number of rotatable bonds is 4. The number of amides is 2. The van der Waals surface area contributed by atoms with E-state index >= 15 is 0 Å². The molecule has 3 aromatic rings. The molecule has 2 aliphatic heterocycles. The number of nitrogens with one attached hydrogen (secondary N) is 1. The number of aryl methyl sites for hydroxylation is 1. The van der Waals surface area contributed by atoms with Gasteiger partial charge in [0.25, 0.3) is 0 Å². The van der Waals surface area contributed by atoms with Crippen LogP contribution in [0.25, 0.3) is 22.2 Å². The summed E-state index contributed by atoms with van der Waals surface area (Å²) in [5, 5.41) is 19.0. The number of carbonyl (C=O) groups excluding carboxylic acids is 1. The third-order valence-electron chi connectivity index (χ3n) is 6.77. The highest BCUT2D eigenvalue weighted by Crippen LogP contribution is 2.43. The van der Waals surface area contributed by atoms with Crippen molar-refractivity contribution in [1.29, 1.82) is 0 Å². The quantitative estimate of drug-likeness (QED) is 0.660. The highest BCUT2D eigenvalue weighted by Gasteiger charge is 2.46. The molecule has 1 fully saturated rings. The summed E-state index contributed by atoms with van der Waals surface area (Å²) in [7, 11) is 0. The molecule has 7 nitrogen and oxygen atoms in total. The fraction of sp³-hybridized carbons (Fsp3) is 0.480. The second-order valence-electron chi connectivity index (χ2n) is 9.92. The zero-order valence-corrected chi connectivity index (χ0v) is 19.1. The van der Waals surface area contributed by atoms with Crippen molar-refractivity contribution in [3.05, 3.63) is 47.8 Å². The standard InChI is InChI=1S/C25H31N5O2/c1-4-26-23(31)29-9-7-25(16-29)8-10-30-22(25)13-21(28-30)19-12-18-11-17(14-24(2,3)32)5-6-20(18)27-15-19/h5-6,11-13,15,32H,4,7-10,14,16H2,1-3H3,(H,26,31). The van der Waals surface area contributed by atoms with Crippen LogP contribution in [-0.4, -0.2) is 56.0 Å². The molecule has 2 aromatic heterocycles. The molecule has 4 heterocycles. The van der Waals surface area contributed by atoms with Crippen LogP contribution < -0.4 is 5.32 Å². The predicted molar refractivity (Wildman–Crippen MR) is 125 cm³/mol. The van der Waals surface area contributed by atoms with Gasteiger partial charge in [-0.3, -0.25) is 9.67 Å². The lowest BCUT2D eigenvalue weighted by atomic mass is 9.82. The third kappa shape index (κ3) is 3.75. The molecule has 0 aliphatic carbocycles. The lowest BCUT2D eigenvalue weighted by Crippen LogP contribution is -2.40. The number of fused-ring (bicyclic) bond motifs is 3. The van der Waals surface area contributed by atoms with Crippen LogP contribution in [0.2, 0.25) is 0 Å². The molecule has 2 N–H and O–H groups in total. The summed E-state index contributed by atoms with van der Waals surface area (Å²) in [5.74, 6) is 0. The Morgan fingerprint density at radius 2 is 2.03 bits per heavy atom. The smallest absolute Gasteiger partial charge is 0.317 e. The van der Waals surface area contributed by atoms with Gasteiger partial charge in [-0.2, -0.15) is 5.10 Å². The number of urea groups is 1. The third-order valence-corrected chi connectivity index (χ3v) is 6.77. The molecule has 1 saturated heterocycles. The van der Waals surface area contributed by atoms with Crippen molar-refractivity contribution >= 4 is 16.9 Å². The minimum Gasteiger partial charge on any atom is -0.390 e. The van der Waals surface area contributed by atoms with Crippen molar-refractivity contribution in [1.82, 2.24) is 25.0 Å². The zero-order chi connectivity index (χ0) is 22.5. The molecule has 32 heavy (non-hydrogen) atoms. The number of benzene rings is 1. The lowest BCUT2D eigenvalue weighted by molar-refractivity contribution is 0.0810. The average molecular weight is 434 g/mol. The normalized spacial score (nSPS) is 20.3. The van der Waals surface area contributed by atoms with Gasteiger partial charge >= 0.3 is 6.03 Å². The van der Waals surface area contributed by atoms with Crippen molar-refractivity contribution < 1.29 is 9.90 Å². The molecule has 1 spiro atoms. The molecular formula is C25H31N5O2. The van der Waals surface area contributed by atoms with Crippen molar-refractivity contribution in [2.45, 2.75) is 57.6 Å². The first-order chi connectivity index (χ1) is 15.3. The van der Waals surface area contributed by atoms with Crippen LogP contribution in [0, 0.1) is 0 Å². The monoisotopic (exact) mass is 433 g/mol. The lowest BCUT2D eigenvalue weighted by Gasteiger charge is -2.23. The fourth-order valence-electron chi connectivity index (χ4n) is 5.26. The Bertz CT molecular complexity index is 1180. The molecule has 7 heteroatoms. The molecule has 0 saturated carbocycles. The SMILES string of the molecule is CCNC(=O)N1CCC2(CCn3nc(-c4cnc5ccc(CC(C)(C)O)cc5c4)cc32)C1. The largest absolute Gasteiger partial charge is 0.390 e. The van der Waals surface area contributed by atoms with Crippen LogP contribution in [0.15, 0.2) is 36.5 Å². The number of nitrogens with zero attached hydrogens (tertiary/aromatic N) is 4. The molecule has 0 radical (unpaired) electrons. The highest BCUT2D eigenvalue weighted by atomic mass is 16.3. The van der Waals surface area contributed by atoms with Gasteiger partial charge in [0.2, 0.25) is 0 Å². The Morgan fingerprint density at radius 1 is 1.22 bits per heavy atom. The Labute approximate surface area is 188 Å². The van der Waals surface area contributed by atoms with Crippen LogP contribution in [0.5, 0.6) is 0 Å². The Balaban J connectivity index is 1.44. The van der Waals surface area contributed by atoms with E-state index in [0.29, 0.717) is 13.0 Å². The zero-order valence-electron chi connectivity index (χ0n) is 19.1. The Hall–Kier alpha value is -2.93. The first-order valence-corrected chi connectivity index (χ1v) is 11.5. The summed E-state index contributed by atoms with van der Waals surface area (Å²) >= 11 is 0. The van der Waals surface area contributed by atoms with E-state index in [1.165, 1.54) is 5.69 Å². The molecule has 2 aliphatic rings. The molecule has 168 valence electrons. The van der Waals surface area contributed by atoms with Crippen LogP contribution >= 0.6 is 0 Å². The molecule has 1 aromatic carbocycles. The van der Waals surface area contributed by atoms with E-state index in [4.69, 9.17) is 5.10 Å². The van der Waals surface area contributed by atoms with E-state index in [1.807, 2.05) is 44.0 Å². The first-order valence-electron chi connectivity index (χ1n) is 11.5. The van der Waals surface area contributed by atoms with Crippen molar-refractivity contribution in [3.63, 3.8) is 0 Å². The van der Waals surface area contributed by atoms with Gasteiger partial charge in [-0.15, -0.1) is 0 Å². The molecule has 1 atom stereocenters. The minimum absolute atomic E-state index is 0.000483. The molecule has 5 rings (SSSR count). The van der Waals surface area contributed by atoms with Gasteiger partial charge in [0, 0.05) is 60.9 Å². The van der Waals surface area contributed by atoms with Gasteiger partial charge in [0.1, 0.15) is 0 Å². The Morgan fingerprint density at radius 3 is 2.81 bits per heavy atom. The van der Waals surface area contributed by atoms with Gasteiger partial charge < -0.3 is 15.3 Å². The number of aliphatic hydroxyl groups is 1. The van der Waals surface area contributed by atoms with Crippen LogP contribution in [0.3, 0.4) is 0 Å². The number of likely N-dealkylation sites (tertiary alicyclic amines) is 1.